The van der Waals surface area contributed by atoms with Crippen molar-refractivity contribution in [2.24, 2.45) is 0 Å². The summed E-state index contributed by atoms with van der Waals surface area (Å²) in [5.41, 5.74) is 2.08. The molecule has 1 aromatic heterocycles. The Balaban J connectivity index is 1.96. The lowest BCUT2D eigenvalue weighted by Crippen LogP contribution is -2.18. The van der Waals surface area contributed by atoms with E-state index in [2.05, 4.69) is 31.2 Å². The Bertz CT molecular complexity index is 499. The molecule has 0 saturated heterocycles. The average molecular weight is 322 g/mol. The third-order valence-corrected chi connectivity index (χ3v) is 3.15. The summed E-state index contributed by atoms with van der Waals surface area (Å²) >= 11 is 3.41. The van der Waals surface area contributed by atoms with Crippen molar-refractivity contribution in [2.45, 2.75) is 6.54 Å². The van der Waals surface area contributed by atoms with Crippen molar-refractivity contribution in [3.05, 3.63) is 46.7 Å². The van der Waals surface area contributed by atoms with Crippen LogP contribution in [-0.4, -0.2) is 30.2 Å². The van der Waals surface area contributed by atoms with Crippen LogP contribution >= 0.6 is 15.9 Å². The topological polar surface area (TPSA) is 47.0 Å². The zero-order valence-corrected chi connectivity index (χ0v) is 12.4. The number of methoxy groups -OCH3 is 1. The maximum Gasteiger partial charge on any atom is 0.159 e. The summed E-state index contributed by atoms with van der Waals surface area (Å²) in [5, 5.41) is 3.26. The van der Waals surface area contributed by atoms with E-state index in [4.69, 9.17) is 4.74 Å². The van der Waals surface area contributed by atoms with E-state index in [1.54, 1.807) is 7.11 Å². The third kappa shape index (κ3) is 4.38. The molecular weight excluding hydrogens is 306 g/mol. The third-order valence-electron chi connectivity index (χ3n) is 2.62. The van der Waals surface area contributed by atoms with Crippen molar-refractivity contribution in [3.8, 4) is 11.4 Å². The van der Waals surface area contributed by atoms with E-state index in [9.17, 15) is 0 Å². The summed E-state index contributed by atoms with van der Waals surface area (Å²) in [6, 6.07) is 7.96. The summed E-state index contributed by atoms with van der Waals surface area (Å²) in [6.45, 7) is 2.28. The van der Waals surface area contributed by atoms with Gasteiger partial charge in [-0.1, -0.05) is 28.1 Å². The van der Waals surface area contributed by atoms with Crippen molar-refractivity contribution >= 4 is 15.9 Å². The van der Waals surface area contributed by atoms with Crippen LogP contribution in [0.5, 0.6) is 0 Å². The molecule has 19 heavy (non-hydrogen) atoms. The number of rotatable bonds is 6. The number of hydrogen-bond acceptors (Lipinski definition) is 4. The molecule has 4 nitrogen and oxygen atoms in total. The van der Waals surface area contributed by atoms with Crippen LogP contribution < -0.4 is 5.32 Å². The first-order valence-electron chi connectivity index (χ1n) is 6.06. The predicted octanol–water partition coefficient (Wildman–Crippen LogP) is 2.64. The maximum absolute atomic E-state index is 4.97. The lowest BCUT2D eigenvalue weighted by atomic mass is 10.2. The summed E-state index contributed by atoms with van der Waals surface area (Å²) < 4.78 is 6.02. The molecule has 0 aliphatic rings. The number of hydrogen-bond donors (Lipinski definition) is 1. The minimum Gasteiger partial charge on any atom is -0.383 e. The number of ether oxygens (including phenoxy) is 1. The van der Waals surface area contributed by atoms with E-state index in [0.29, 0.717) is 6.61 Å². The molecule has 0 atom stereocenters. The Morgan fingerprint density at radius 3 is 2.47 bits per heavy atom. The second-order valence-electron chi connectivity index (χ2n) is 4.09. The Kier molecular flexibility index (Phi) is 5.44. The number of aromatic nitrogens is 2. The molecule has 0 amide bonds. The van der Waals surface area contributed by atoms with Crippen molar-refractivity contribution < 1.29 is 4.74 Å². The SMILES string of the molecule is COCCNCc1cnc(-c2ccc(Br)cc2)nc1. The monoisotopic (exact) mass is 321 g/mol. The fraction of sp³-hybridized carbons (Fsp3) is 0.286. The van der Waals surface area contributed by atoms with Crippen molar-refractivity contribution in [1.82, 2.24) is 15.3 Å². The van der Waals surface area contributed by atoms with Gasteiger partial charge in [0, 0.05) is 48.2 Å². The first-order valence-corrected chi connectivity index (χ1v) is 6.85. The van der Waals surface area contributed by atoms with E-state index in [0.717, 1.165) is 34.5 Å². The molecule has 0 aliphatic carbocycles. The summed E-state index contributed by atoms with van der Waals surface area (Å²) in [5.74, 6) is 0.744. The molecule has 0 radical (unpaired) electrons. The summed E-state index contributed by atoms with van der Waals surface area (Å²) in [4.78, 5) is 8.76. The smallest absolute Gasteiger partial charge is 0.159 e. The van der Waals surface area contributed by atoms with Crippen molar-refractivity contribution in [1.29, 1.82) is 0 Å². The zero-order valence-electron chi connectivity index (χ0n) is 10.8. The van der Waals surface area contributed by atoms with Crippen LogP contribution in [0, 0.1) is 0 Å². The van der Waals surface area contributed by atoms with Gasteiger partial charge in [0.1, 0.15) is 0 Å². The van der Waals surface area contributed by atoms with Gasteiger partial charge in [-0.15, -0.1) is 0 Å². The molecule has 0 fully saturated rings. The lowest BCUT2D eigenvalue weighted by molar-refractivity contribution is 0.199. The first-order chi connectivity index (χ1) is 9.29. The van der Waals surface area contributed by atoms with Crippen LogP contribution in [0.15, 0.2) is 41.1 Å². The van der Waals surface area contributed by atoms with E-state index < -0.39 is 0 Å². The Hall–Kier alpha value is -1.30. The quantitative estimate of drug-likeness (QED) is 0.831. The van der Waals surface area contributed by atoms with Gasteiger partial charge in [-0.25, -0.2) is 9.97 Å². The normalized spacial score (nSPS) is 10.6. The zero-order chi connectivity index (χ0) is 13.5. The van der Waals surface area contributed by atoms with Crippen molar-refractivity contribution in [2.75, 3.05) is 20.3 Å². The highest BCUT2D eigenvalue weighted by molar-refractivity contribution is 9.10. The second-order valence-corrected chi connectivity index (χ2v) is 5.01. The Labute approximate surface area is 121 Å². The minimum atomic E-state index is 0.706. The van der Waals surface area contributed by atoms with E-state index in [1.807, 2.05) is 36.7 Å². The molecule has 0 bridgehead atoms. The molecule has 1 heterocycles. The van der Waals surface area contributed by atoms with Crippen LogP contribution in [0.1, 0.15) is 5.56 Å². The molecule has 1 N–H and O–H groups in total. The molecule has 2 aromatic rings. The van der Waals surface area contributed by atoms with Gasteiger partial charge in [0.15, 0.2) is 5.82 Å². The van der Waals surface area contributed by atoms with Gasteiger partial charge in [-0.3, -0.25) is 0 Å². The maximum atomic E-state index is 4.97. The average Bonchev–Trinajstić information content (AvgIpc) is 2.45. The lowest BCUT2D eigenvalue weighted by Gasteiger charge is -2.05. The minimum absolute atomic E-state index is 0.706. The van der Waals surface area contributed by atoms with Gasteiger partial charge in [-0.2, -0.15) is 0 Å². The largest absolute Gasteiger partial charge is 0.383 e. The van der Waals surface area contributed by atoms with Crippen LogP contribution in [0.3, 0.4) is 0 Å². The fourth-order valence-corrected chi connectivity index (χ4v) is 1.87. The highest BCUT2D eigenvalue weighted by Crippen LogP contribution is 2.17. The number of nitrogens with zero attached hydrogens (tertiary/aromatic N) is 2. The fourth-order valence-electron chi connectivity index (χ4n) is 1.60. The standard InChI is InChI=1S/C14H16BrN3O/c1-19-7-6-16-8-11-9-17-14(18-10-11)12-2-4-13(15)5-3-12/h2-5,9-10,16H,6-8H2,1H3. The van der Waals surface area contributed by atoms with Crippen LogP contribution in [0.4, 0.5) is 0 Å². The summed E-state index contributed by atoms with van der Waals surface area (Å²) in [6.07, 6.45) is 3.70. The number of nitrogens with one attached hydrogen (secondary N) is 1. The summed E-state index contributed by atoms with van der Waals surface area (Å²) in [7, 11) is 1.69. The predicted molar refractivity (Wildman–Crippen MR) is 78.8 cm³/mol. The first kappa shape index (κ1) is 14.1. The van der Waals surface area contributed by atoms with Gasteiger partial charge < -0.3 is 10.1 Å². The van der Waals surface area contributed by atoms with Gasteiger partial charge in [0.05, 0.1) is 6.61 Å². The molecule has 0 aliphatic heterocycles. The highest BCUT2D eigenvalue weighted by Gasteiger charge is 2.01. The van der Waals surface area contributed by atoms with E-state index in [1.165, 1.54) is 0 Å². The van der Waals surface area contributed by atoms with Gasteiger partial charge in [0.25, 0.3) is 0 Å². The van der Waals surface area contributed by atoms with Crippen LogP contribution in [0.2, 0.25) is 0 Å². The van der Waals surface area contributed by atoms with E-state index in [-0.39, 0.29) is 0 Å². The molecule has 0 unspecified atom stereocenters. The Morgan fingerprint density at radius 1 is 1.16 bits per heavy atom. The van der Waals surface area contributed by atoms with Gasteiger partial charge in [-0.05, 0) is 12.1 Å². The highest BCUT2D eigenvalue weighted by atomic mass is 79.9. The Morgan fingerprint density at radius 2 is 1.84 bits per heavy atom. The molecule has 5 heteroatoms. The van der Waals surface area contributed by atoms with Crippen molar-refractivity contribution in [3.63, 3.8) is 0 Å². The van der Waals surface area contributed by atoms with Gasteiger partial charge >= 0.3 is 0 Å². The van der Waals surface area contributed by atoms with E-state index >= 15 is 0 Å². The molecular formula is C14H16BrN3O. The molecule has 0 spiro atoms. The second kappa shape index (κ2) is 7.33. The molecule has 1 aromatic carbocycles. The molecule has 2 rings (SSSR count). The van der Waals surface area contributed by atoms with Crippen LogP contribution in [0.25, 0.3) is 11.4 Å². The molecule has 0 saturated carbocycles. The van der Waals surface area contributed by atoms with Gasteiger partial charge in [0.2, 0.25) is 0 Å². The van der Waals surface area contributed by atoms with Crippen LogP contribution in [-0.2, 0) is 11.3 Å². The number of halogens is 1. The molecule has 100 valence electrons. The number of benzene rings is 1.